The highest BCUT2D eigenvalue weighted by atomic mass is 32.1. The van der Waals surface area contributed by atoms with E-state index in [9.17, 15) is 4.79 Å². The number of carbonyl (C=O) groups excluding carboxylic acids is 1. The third-order valence-electron chi connectivity index (χ3n) is 2.30. The molecule has 1 saturated heterocycles. The van der Waals surface area contributed by atoms with Crippen LogP contribution in [0.5, 0.6) is 5.75 Å². The van der Waals surface area contributed by atoms with Crippen LogP contribution in [-0.4, -0.2) is 17.6 Å². The van der Waals surface area contributed by atoms with Crippen molar-refractivity contribution in [3.05, 3.63) is 48.2 Å². The number of hydrogen-bond donors (Lipinski definition) is 2. The summed E-state index contributed by atoms with van der Waals surface area (Å²) in [7, 11) is 0. The summed E-state index contributed by atoms with van der Waals surface area (Å²) in [5, 5.41) is 5.61. The van der Waals surface area contributed by atoms with Crippen molar-refractivity contribution in [3.8, 4) is 5.75 Å². The molecule has 0 atom stereocenters. The molecule has 0 saturated carbocycles. The highest BCUT2D eigenvalue weighted by molar-refractivity contribution is 7.80. The average molecular weight is 260 g/mol. The van der Waals surface area contributed by atoms with Gasteiger partial charge in [0, 0.05) is 5.56 Å². The number of hydrogen-bond acceptors (Lipinski definition) is 3. The van der Waals surface area contributed by atoms with Gasteiger partial charge in [0.1, 0.15) is 18.1 Å². The number of ether oxygens (including phenoxy) is 1. The van der Waals surface area contributed by atoms with Crippen molar-refractivity contribution >= 4 is 29.3 Å². The molecule has 1 aliphatic rings. The monoisotopic (exact) mass is 260 g/mol. The lowest BCUT2D eigenvalue weighted by Gasteiger charge is -2.07. The third kappa shape index (κ3) is 2.75. The van der Waals surface area contributed by atoms with Crippen LogP contribution < -0.4 is 15.4 Å². The van der Waals surface area contributed by atoms with E-state index in [4.69, 9.17) is 17.0 Å². The minimum absolute atomic E-state index is 0.237. The molecule has 5 heteroatoms. The summed E-state index contributed by atoms with van der Waals surface area (Å²) in [6.45, 7) is 4.01. The number of thiocarbonyl (C=S) groups is 1. The van der Waals surface area contributed by atoms with Gasteiger partial charge in [-0.1, -0.05) is 30.9 Å². The lowest BCUT2D eigenvalue weighted by atomic mass is 10.1. The topological polar surface area (TPSA) is 50.4 Å². The Balaban J connectivity index is 2.28. The fourth-order valence-corrected chi connectivity index (χ4v) is 1.72. The number of amides is 1. The summed E-state index contributed by atoms with van der Waals surface area (Å²) < 4.78 is 5.50. The molecule has 1 amide bonds. The largest absolute Gasteiger partial charge is 0.489 e. The summed E-state index contributed by atoms with van der Waals surface area (Å²) in [4.78, 5) is 11.5. The molecule has 92 valence electrons. The molecule has 2 rings (SSSR count). The first-order valence-corrected chi connectivity index (χ1v) is 5.78. The first-order valence-electron chi connectivity index (χ1n) is 5.37. The summed E-state index contributed by atoms with van der Waals surface area (Å²) in [6.07, 6.45) is 3.37. The molecule has 1 fully saturated rings. The standard InChI is InChI=1S/C13H12N2O2S/c1-2-7-17-11-6-4-3-5-9(11)8-10-12(16)15-13(18)14-10/h2-6,8H,1,7H2,(H2,14,15,16,18)/b10-8+. The zero-order chi connectivity index (χ0) is 13.0. The van der Waals surface area contributed by atoms with E-state index in [0.717, 1.165) is 5.56 Å². The second kappa shape index (κ2) is 5.46. The number of nitrogens with one attached hydrogen (secondary N) is 2. The predicted molar refractivity (Wildman–Crippen MR) is 74.0 cm³/mol. The fraction of sp³-hybridized carbons (Fsp3) is 0.0769. The van der Waals surface area contributed by atoms with E-state index in [2.05, 4.69) is 17.2 Å². The minimum Gasteiger partial charge on any atom is -0.489 e. The van der Waals surface area contributed by atoms with E-state index in [-0.39, 0.29) is 5.91 Å². The smallest absolute Gasteiger partial charge is 0.273 e. The Morgan fingerprint density at radius 2 is 2.11 bits per heavy atom. The number of para-hydroxylation sites is 1. The SMILES string of the molecule is C=CCOc1ccccc1/C=C1/NC(=S)NC1=O. The quantitative estimate of drug-likeness (QED) is 0.490. The maximum absolute atomic E-state index is 11.5. The van der Waals surface area contributed by atoms with E-state index in [1.54, 1.807) is 12.2 Å². The summed E-state index contributed by atoms with van der Waals surface area (Å²) >= 11 is 4.86. The van der Waals surface area contributed by atoms with Crippen LogP contribution in [0.2, 0.25) is 0 Å². The summed E-state index contributed by atoms with van der Waals surface area (Å²) in [6, 6.07) is 7.44. The van der Waals surface area contributed by atoms with Crippen LogP contribution in [-0.2, 0) is 4.79 Å². The average Bonchev–Trinajstić information content (AvgIpc) is 2.67. The van der Waals surface area contributed by atoms with Crippen LogP contribution >= 0.6 is 12.2 Å². The third-order valence-corrected chi connectivity index (χ3v) is 2.50. The number of rotatable bonds is 4. The summed E-state index contributed by atoms with van der Waals surface area (Å²) in [5.41, 5.74) is 1.22. The van der Waals surface area contributed by atoms with Gasteiger partial charge in [-0.15, -0.1) is 0 Å². The van der Waals surface area contributed by atoms with Gasteiger partial charge in [0.25, 0.3) is 5.91 Å². The molecule has 4 nitrogen and oxygen atoms in total. The number of benzene rings is 1. The molecular formula is C13H12N2O2S. The van der Waals surface area contributed by atoms with Crippen molar-refractivity contribution in [1.29, 1.82) is 0 Å². The molecule has 1 aliphatic heterocycles. The summed E-state index contributed by atoms with van der Waals surface area (Å²) in [5.74, 6) is 0.454. The molecule has 0 aliphatic carbocycles. The Bertz CT molecular complexity index is 538. The molecule has 1 aromatic rings. The van der Waals surface area contributed by atoms with E-state index < -0.39 is 0 Å². The zero-order valence-electron chi connectivity index (χ0n) is 9.60. The molecule has 2 N–H and O–H groups in total. The van der Waals surface area contributed by atoms with Crippen LogP contribution in [0.25, 0.3) is 6.08 Å². The predicted octanol–water partition coefficient (Wildman–Crippen LogP) is 1.60. The molecule has 0 unspecified atom stereocenters. The van der Waals surface area contributed by atoms with Crippen molar-refractivity contribution in [3.63, 3.8) is 0 Å². The Morgan fingerprint density at radius 3 is 2.78 bits per heavy atom. The van der Waals surface area contributed by atoms with Gasteiger partial charge in [-0.25, -0.2) is 0 Å². The van der Waals surface area contributed by atoms with Crippen molar-refractivity contribution in [2.45, 2.75) is 0 Å². The highest BCUT2D eigenvalue weighted by Crippen LogP contribution is 2.21. The molecule has 0 bridgehead atoms. The van der Waals surface area contributed by atoms with Crippen molar-refractivity contribution < 1.29 is 9.53 Å². The van der Waals surface area contributed by atoms with Gasteiger partial charge in [0.2, 0.25) is 0 Å². The van der Waals surface area contributed by atoms with Gasteiger partial charge in [0.05, 0.1) is 0 Å². The van der Waals surface area contributed by atoms with Crippen molar-refractivity contribution in [1.82, 2.24) is 10.6 Å². The lowest BCUT2D eigenvalue weighted by molar-refractivity contribution is -0.115. The lowest BCUT2D eigenvalue weighted by Crippen LogP contribution is -2.21. The van der Waals surface area contributed by atoms with E-state index in [1.807, 2.05) is 24.3 Å². The van der Waals surface area contributed by atoms with Gasteiger partial charge in [-0.2, -0.15) is 0 Å². The fourth-order valence-electron chi connectivity index (χ4n) is 1.52. The molecule has 18 heavy (non-hydrogen) atoms. The molecule has 0 radical (unpaired) electrons. The van der Waals surface area contributed by atoms with Crippen LogP contribution in [0, 0.1) is 0 Å². The molecular weight excluding hydrogens is 248 g/mol. The van der Waals surface area contributed by atoms with Gasteiger partial charge in [-0.3, -0.25) is 10.1 Å². The maximum atomic E-state index is 11.5. The van der Waals surface area contributed by atoms with Crippen molar-refractivity contribution in [2.24, 2.45) is 0 Å². The first kappa shape index (κ1) is 12.3. The van der Waals surface area contributed by atoms with Crippen LogP contribution in [0.1, 0.15) is 5.56 Å². The second-order valence-corrected chi connectivity index (χ2v) is 4.01. The Hall–Kier alpha value is -2.14. The maximum Gasteiger partial charge on any atom is 0.273 e. The normalized spacial score (nSPS) is 16.3. The molecule has 0 spiro atoms. The Kier molecular flexibility index (Phi) is 3.74. The van der Waals surface area contributed by atoms with Crippen molar-refractivity contribution in [2.75, 3.05) is 6.61 Å². The minimum atomic E-state index is -0.237. The first-order chi connectivity index (χ1) is 8.70. The van der Waals surface area contributed by atoms with Crippen LogP contribution in [0.15, 0.2) is 42.6 Å². The molecule has 1 heterocycles. The zero-order valence-corrected chi connectivity index (χ0v) is 10.4. The molecule has 1 aromatic carbocycles. The second-order valence-electron chi connectivity index (χ2n) is 3.60. The van der Waals surface area contributed by atoms with E-state index >= 15 is 0 Å². The highest BCUT2D eigenvalue weighted by Gasteiger charge is 2.20. The van der Waals surface area contributed by atoms with Gasteiger partial charge in [0.15, 0.2) is 5.11 Å². The molecule has 0 aromatic heterocycles. The number of carbonyl (C=O) groups is 1. The van der Waals surface area contributed by atoms with Gasteiger partial charge < -0.3 is 10.1 Å². The van der Waals surface area contributed by atoms with E-state index in [1.165, 1.54) is 0 Å². The van der Waals surface area contributed by atoms with E-state index in [0.29, 0.717) is 23.2 Å². The Morgan fingerprint density at radius 1 is 1.33 bits per heavy atom. The van der Waals surface area contributed by atoms with Crippen LogP contribution in [0.3, 0.4) is 0 Å². The Labute approximate surface area is 110 Å². The van der Waals surface area contributed by atoms with Crippen LogP contribution in [0.4, 0.5) is 0 Å². The van der Waals surface area contributed by atoms with Gasteiger partial charge >= 0.3 is 0 Å². The van der Waals surface area contributed by atoms with Gasteiger partial charge in [-0.05, 0) is 24.4 Å².